The highest BCUT2D eigenvalue weighted by molar-refractivity contribution is 5.79. The van der Waals surface area contributed by atoms with E-state index >= 15 is 0 Å². The van der Waals surface area contributed by atoms with E-state index in [1.807, 2.05) is 19.2 Å². The first-order valence-corrected chi connectivity index (χ1v) is 10.4. The number of anilines is 1. The summed E-state index contributed by atoms with van der Waals surface area (Å²) in [6.45, 7) is 7.22. The zero-order valence-electron chi connectivity index (χ0n) is 17.6. The molecule has 1 heterocycles. The lowest BCUT2D eigenvalue weighted by atomic mass is 10.2. The lowest BCUT2D eigenvalue weighted by Gasteiger charge is -2.36. The zero-order chi connectivity index (χ0) is 20.3. The monoisotopic (exact) mass is 395 g/mol. The predicted octanol–water partition coefficient (Wildman–Crippen LogP) is 2.57. The summed E-state index contributed by atoms with van der Waals surface area (Å²) in [6, 6.07) is 18.8. The number of piperazine rings is 1. The van der Waals surface area contributed by atoms with Crippen LogP contribution in [-0.2, 0) is 6.54 Å². The molecule has 0 amide bonds. The quantitative estimate of drug-likeness (QED) is 0.409. The first-order valence-electron chi connectivity index (χ1n) is 10.4. The first-order chi connectivity index (χ1) is 14.3. The number of hydrogen-bond donors (Lipinski definition) is 2. The Hall–Kier alpha value is -2.73. The molecule has 2 aromatic rings. The van der Waals surface area contributed by atoms with Crippen molar-refractivity contribution in [1.29, 1.82) is 0 Å². The van der Waals surface area contributed by atoms with E-state index in [-0.39, 0.29) is 0 Å². The summed E-state index contributed by atoms with van der Waals surface area (Å²) < 4.78 is 5.20. The predicted molar refractivity (Wildman–Crippen MR) is 121 cm³/mol. The van der Waals surface area contributed by atoms with Crippen LogP contribution in [-0.4, -0.2) is 64.3 Å². The van der Waals surface area contributed by atoms with Crippen LogP contribution < -0.4 is 20.3 Å². The van der Waals surface area contributed by atoms with Gasteiger partial charge in [0.05, 0.1) is 7.11 Å². The highest BCUT2D eigenvalue weighted by atomic mass is 16.5. The number of aliphatic imine (C=N–C) groups is 1. The third kappa shape index (κ3) is 6.68. The minimum atomic E-state index is 0.741. The summed E-state index contributed by atoms with van der Waals surface area (Å²) in [7, 11) is 3.49. The van der Waals surface area contributed by atoms with Gasteiger partial charge in [0.25, 0.3) is 0 Å². The average Bonchev–Trinajstić information content (AvgIpc) is 2.80. The van der Waals surface area contributed by atoms with Gasteiger partial charge in [0, 0.05) is 52.0 Å². The summed E-state index contributed by atoms with van der Waals surface area (Å²) in [6.07, 6.45) is 1.11. The molecule has 0 atom stereocenters. The van der Waals surface area contributed by atoms with Gasteiger partial charge in [-0.05, 0) is 42.8 Å². The van der Waals surface area contributed by atoms with E-state index in [0.29, 0.717) is 0 Å². The van der Waals surface area contributed by atoms with Gasteiger partial charge in [0.1, 0.15) is 5.75 Å². The third-order valence-electron chi connectivity index (χ3n) is 5.28. The van der Waals surface area contributed by atoms with Gasteiger partial charge in [-0.3, -0.25) is 9.89 Å². The van der Waals surface area contributed by atoms with Gasteiger partial charge in [-0.25, -0.2) is 0 Å². The second-order valence-corrected chi connectivity index (χ2v) is 7.22. The summed E-state index contributed by atoms with van der Waals surface area (Å²) in [4.78, 5) is 9.34. The Balaban J connectivity index is 1.30. The number of nitrogens with one attached hydrogen (secondary N) is 2. The summed E-state index contributed by atoms with van der Waals surface area (Å²) >= 11 is 0. The van der Waals surface area contributed by atoms with E-state index in [1.54, 1.807) is 7.11 Å². The SMILES string of the molecule is CN=C(NCCCN1CCN(c2ccccc2)CC1)NCc1ccc(OC)cc1. The maximum atomic E-state index is 5.20. The number of guanidine groups is 1. The second kappa shape index (κ2) is 11.3. The molecule has 156 valence electrons. The topological polar surface area (TPSA) is 52.1 Å². The fourth-order valence-electron chi connectivity index (χ4n) is 3.53. The van der Waals surface area contributed by atoms with Crippen LogP contribution in [0.25, 0.3) is 0 Å². The largest absolute Gasteiger partial charge is 0.497 e. The maximum absolute atomic E-state index is 5.20. The molecule has 0 bridgehead atoms. The van der Waals surface area contributed by atoms with Crippen LogP contribution in [0.4, 0.5) is 5.69 Å². The number of benzene rings is 2. The molecule has 1 saturated heterocycles. The van der Waals surface area contributed by atoms with E-state index in [9.17, 15) is 0 Å². The molecule has 2 N–H and O–H groups in total. The molecule has 0 spiro atoms. The molecule has 29 heavy (non-hydrogen) atoms. The Morgan fingerprint density at radius 2 is 1.69 bits per heavy atom. The van der Waals surface area contributed by atoms with Gasteiger partial charge in [0.15, 0.2) is 5.96 Å². The lowest BCUT2D eigenvalue weighted by molar-refractivity contribution is 0.255. The van der Waals surface area contributed by atoms with Crippen molar-refractivity contribution in [2.75, 3.05) is 58.3 Å². The van der Waals surface area contributed by atoms with Gasteiger partial charge in [0.2, 0.25) is 0 Å². The molecule has 6 heteroatoms. The highest BCUT2D eigenvalue weighted by Gasteiger charge is 2.16. The van der Waals surface area contributed by atoms with E-state index < -0.39 is 0 Å². The molecule has 2 aromatic carbocycles. The number of para-hydroxylation sites is 1. The molecule has 1 aliphatic heterocycles. The summed E-state index contributed by atoms with van der Waals surface area (Å²) in [5.41, 5.74) is 2.53. The number of ether oxygens (including phenoxy) is 1. The minimum absolute atomic E-state index is 0.741. The fourth-order valence-corrected chi connectivity index (χ4v) is 3.53. The standard InChI is InChI=1S/C23H33N5O/c1-24-23(26-19-20-9-11-22(29-2)12-10-20)25-13-6-14-27-15-17-28(18-16-27)21-7-4-3-5-8-21/h3-5,7-12H,6,13-19H2,1-2H3,(H2,24,25,26). The molecule has 1 fully saturated rings. The molecule has 6 nitrogen and oxygen atoms in total. The smallest absolute Gasteiger partial charge is 0.191 e. The Bertz CT molecular complexity index is 740. The van der Waals surface area contributed by atoms with Crippen molar-refractivity contribution in [3.8, 4) is 5.75 Å². The molecule has 0 aromatic heterocycles. The van der Waals surface area contributed by atoms with Crippen LogP contribution in [0, 0.1) is 0 Å². The van der Waals surface area contributed by atoms with Crippen molar-refractivity contribution in [1.82, 2.24) is 15.5 Å². The highest BCUT2D eigenvalue weighted by Crippen LogP contribution is 2.15. The minimum Gasteiger partial charge on any atom is -0.497 e. The molecule has 1 aliphatic rings. The number of hydrogen-bond acceptors (Lipinski definition) is 4. The van der Waals surface area contributed by atoms with Crippen molar-refractivity contribution in [3.63, 3.8) is 0 Å². The van der Waals surface area contributed by atoms with Gasteiger partial charge in [-0.2, -0.15) is 0 Å². The van der Waals surface area contributed by atoms with E-state index in [1.165, 1.54) is 11.3 Å². The number of rotatable bonds is 8. The fraction of sp³-hybridized carbons (Fsp3) is 0.435. The second-order valence-electron chi connectivity index (χ2n) is 7.22. The van der Waals surface area contributed by atoms with Crippen LogP contribution in [0.15, 0.2) is 59.6 Å². The molecule has 0 saturated carbocycles. The molecule has 3 rings (SSSR count). The zero-order valence-corrected chi connectivity index (χ0v) is 17.6. The summed E-state index contributed by atoms with van der Waals surface area (Å²) in [5.74, 6) is 1.72. The van der Waals surface area contributed by atoms with Crippen LogP contribution in [0.3, 0.4) is 0 Å². The maximum Gasteiger partial charge on any atom is 0.191 e. The van der Waals surface area contributed by atoms with Crippen LogP contribution in [0.2, 0.25) is 0 Å². The molecule has 0 unspecified atom stereocenters. The van der Waals surface area contributed by atoms with Crippen LogP contribution >= 0.6 is 0 Å². The van der Waals surface area contributed by atoms with Crippen LogP contribution in [0.5, 0.6) is 5.75 Å². The number of methoxy groups -OCH3 is 1. The van der Waals surface area contributed by atoms with Crippen molar-refractivity contribution in [3.05, 3.63) is 60.2 Å². The molecular weight excluding hydrogens is 362 g/mol. The van der Waals surface area contributed by atoms with Gasteiger partial charge >= 0.3 is 0 Å². The van der Waals surface area contributed by atoms with E-state index in [0.717, 1.165) is 63.9 Å². The third-order valence-corrected chi connectivity index (χ3v) is 5.28. The van der Waals surface area contributed by atoms with Crippen molar-refractivity contribution < 1.29 is 4.74 Å². The van der Waals surface area contributed by atoms with Crippen molar-refractivity contribution in [2.45, 2.75) is 13.0 Å². The Labute approximate surface area is 174 Å². The van der Waals surface area contributed by atoms with Crippen LogP contribution in [0.1, 0.15) is 12.0 Å². The van der Waals surface area contributed by atoms with Gasteiger partial charge < -0.3 is 20.3 Å². The van der Waals surface area contributed by atoms with E-state index in [2.05, 4.69) is 67.9 Å². The Kier molecular flexibility index (Phi) is 8.19. The van der Waals surface area contributed by atoms with Crippen molar-refractivity contribution in [2.24, 2.45) is 4.99 Å². The molecular formula is C23H33N5O. The average molecular weight is 396 g/mol. The Morgan fingerprint density at radius 3 is 2.34 bits per heavy atom. The number of nitrogens with zero attached hydrogens (tertiary/aromatic N) is 3. The summed E-state index contributed by atoms with van der Waals surface area (Å²) in [5, 5.41) is 6.78. The van der Waals surface area contributed by atoms with Gasteiger partial charge in [-0.15, -0.1) is 0 Å². The Morgan fingerprint density at radius 1 is 0.966 bits per heavy atom. The lowest BCUT2D eigenvalue weighted by Crippen LogP contribution is -2.47. The van der Waals surface area contributed by atoms with Crippen molar-refractivity contribution >= 4 is 11.6 Å². The molecule has 0 aliphatic carbocycles. The van der Waals surface area contributed by atoms with E-state index in [4.69, 9.17) is 4.74 Å². The normalized spacial score (nSPS) is 15.2. The molecule has 0 radical (unpaired) electrons. The van der Waals surface area contributed by atoms with Gasteiger partial charge in [-0.1, -0.05) is 30.3 Å². The first kappa shape index (κ1) is 21.0.